The molecular formula is C17H20N6. The molecule has 0 amide bonds. The number of aromatic nitrogens is 4. The number of hydrogen-bond donors (Lipinski definition) is 0. The Kier molecular flexibility index (Phi) is 3.67. The number of anilines is 1. The smallest absolute Gasteiger partial charge is 0.145 e. The number of piperazine rings is 1. The second kappa shape index (κ2) is 5.96. The Morgan fingerprint density at radius 2 is 1.87 bits per heavy atom. The number of pyridine rings is 1. The molecule has 4 rings (SSSR count). The fourth-order valence-corrected chi connectivity index (χ4v) is 3.15. The maximum atomic E-state index is 4.52. The lowest BCUT2D eigenvalue weighted by Gasteiger charge is -2.35. The zero-order valence-electron chi connectivity index (χ0n) is 13.3. The first kappa shape index (κ1) is 14.1. The van der Waals surface area contributed by atoms with Crippen LogP contribution in [0.3, 0.4) is 0 Å². The van der Waals surface area contributed by atoms with Gasteiger partial charge in [-0.3, -0.25) is 9.88 Å². The molecule has 6 heteroatoms. The van der Waals surface area contributed by atoms with E-state index < -0.39 is 0 Å². The lowest BCUT2D eigenvalue weighted by atomic mass is 10.2. The summed E-state index contributed by atoms with van der Waals surface area (Å²) in [5, 5.41) is 1.13. The van der Waals surface area contributed by atoms with Crippen molar-refractivity contribution in [2.24, 2.45) is 7.05 Å². The number of aryl methyl sites for hydroxylation is 1. The van der Waals surface area contributed by atoms with E-state index in [1.807, 2.05) is 36.1 Å². The molecule has 0 saturated carbocycles. The van der Waals surface area contributed by atoms with E-state index in [1.54, 1.807) is 6.33 Å². The molecule has 1 saturated heterocycles. The van der Waals surface area contributed by atoms with Gasteiger partial charge in [0.25, 0.3) is 0 Å². The quantitative estimate of drug-likeness (QED) is 0.737. The van der Waals surface area contributed by atoms with Crippen molar-refractivity contribution in [1.29, 1.82) is 0 Å². The fraction of sp³-hybridized carbons (Fsp3) is 0.353. The average molecular weight is 308 g/mol. The summed E-state index contributed by atoms with van der Waals surface area (Å²) in [5.41, 5.74) is 2.12. The maximum Gasteiger partial charge on any atom is 0.145 e. The van der Waals surface area contributed by atoms with Gasteiger partial charge >= 0.3 is 0 Å². The van der Waals surface area contributed by atoms with Gasteiger partial charge in [0.05, 0.1) is 11.1 Å². The lowest BCUT2D eigenvalue weighted by molar-refractivity contribution is 0.247. The minimum atomic E-state index is 0.916. The fourth-order valence-electron chi connectivity index (χ4n) is 3.15. The SMILES string of the molecule is Cn1ccc2c(N3CCN(Cc4ccccn4)CC3)ncnc21. The van der Waals surface area contributed by atoms with Gasteiger partial charge in [0.2, 0.25) is 0 Å². The molecule has 1 aliphatic heterocycles. The Labute approximate surface area is 135 Å². The Balaban J connectivity index is 1.47. The number of fused-ring (bicyclic) bond motifs is 1. The third-order valence-electron chi connectivity index (χ3n) is 4.42. The van der Waals surface area contributed by atoms with Crippen LogP contribution < -0.4 is 4.90 Å². The summed E-state index contributed by atoms with van der Waals surface area (Å²) in [6, 6.07) is 8.20. The van der Waals surface area contributed by atoms with Crippen LogP contribution in [0, 0.1) is 0 Å². The lowest BCUT2D eigenvalue weighted by Crippen LogP contribution is -2.46. The molecule has 0 aromatic carbocycles. The summed E-state index contributed by atoms with van der Waals surface area (Å²) in [5.74, 6) is 1.05. The van der Waals surface area contributed by atoms with E-state index in [0.29, 0.717) is 0 Å². The molecule has 0 bridgehead atoms. The van der Waals surface area contributed by atoms with Gasteiger partial charge in [-0.1, -0.05) is 6.07 Å². The molecule has 3 aromatic rings. The molecule has 0 aliphatic carbocycles. The van der Waals surface area contributed by atoms with Crippen LogP contribution in [0.25, 0.3) is 11.0 Å². The normalized spacial score (nSPS) is 16.1. The van der Waals surface area contributed by atoms with E-state index in [2.05, 4.69) is 36.9 Å². The highest BCUT2D eigenvalue weighted by atomic mass is 15.3. The van der Waals surface area contributed by atoms with Crippen molar-refractivity contribution in [1.82, 2.24) is 24.4 Å². The van der Waals surface area contributed by atoms with Gasteiger partial charge in [-0.2, -0.15) is 0 Å². The van der Waals surface area contributed by atoms with E-state index in [-0.39, 0.29) is 0 Å². The molecule has 0 radical (unpaired) electrons. The van der Waals surface area contributed by atoms with Gasteiger partial charge in [0, 0.05) is 52.2 Å². The summed E-state index contributed by atoms with van der Waals surface area (Å²) < 4.78 is 2.04. The molecule has 0 unspecified atom stereocenters. The van der Waals surface area contributed by atoms with Crippen molar-refractivity contribution in [3.63, 3.8) is 0 Å². The Hall–Kier alpha value is -2.47. The summed E-state index contributed by atoms with van der Waals surface area (Å²) in [7, 11) is 2.02. The average Bonchev–Trinajstić information content (AvgIpc) is 2.98. The zero-order chi connectivity index (χ0) is 15.6. The molecule has 6 nitrogen and oxygen atoms in total. The van der Waals surface area contributed by atoms with E-state index in [1.165, 1.54) is 0 Å². The Morgan fingerprint density at radius 1 is 1.00 bits per heavy atom. The molecule has 0 atom stereocenters. The van der Waals surface area contributed by atoms with Crippen LogP contribution in [0.1, 0.15) is 5.69 Å². The molecule has 3 aromatic heterocycles. The molecule has 0 N–H and O–H groups in total. The van der Waals surface area contributed by atoms with Gasteiger partial charge in [-0.05, 0) is 18.2 Å². The third-order valence-corrected chi connectivity index (χ3v) is 4.42. The van der Waals surface area contributed by atoms with Crippen LogP contribution in [-0.4, -0.2) is 50.6 Å². The predicted octanol–water partition coefficient (Wildman–Crippen LogP) is 1.69. The van der Waals surface area contributed by atoms with Gasteiger partial charge < -0.3 is 9.47 Å². The molecule has 1 fully saturated rings. The molecule has 4 heterocycles. The predicted molar refractivity (Wildman–Crippen MR) is 90.2 cm³/mol. The minimum Gasteiger partial charge on any atom is -0.353 e. The van der Waals surface area contributed by atoms with Crippen molar-refractivity contribution < 1.29 is 0 Å². The van der Waals surface area contributed by atoms with Crippen LogP contribution in [0.4, 0.5) is 5.82 Å². The van der Waals surface area contributed by atoms with E-state index in [4.69, 9.17) is 0 Å². The molecule has 118 valence electrons. The number of hydrogen-bond acceptors (Lipinski definition) is 5. The van der Waals surface area contributed by atoms with Gasteiger partial charge in [-0.25, -0.2) is 9.97 Å². The second-order valence-electron chi connectivity index (χ2n) is 5.95. The van der Waals surface area contributed by atoms with Crippen molar-refractivity contribution in [3.05, 3.63) is 48.7 Å². The van der Waals surface area contributed by atoms with E-state index >= 15 is 0 Å². The summed E-state index contributed by atoms with van der Waals surface area (Å²) >= 11 is 0. The van der Waals surface area contributed by atoms with Crippen LogP contribution in [0.5, 0.6) is 0 Å². The number of rotatable bonds is 3. The summed E-state index contributed by atoms with van der Waals surface area (Å²) in [6.07, 6.45) is 5.57. The summed E-state index contributed by atoms with van der Waals surface area (Å²) in [4.78, 5) is 18.1. The van der Waals surface area contributed by atoms with Crippen molar-refractivity contribution in [2.75, 3.05) is 31.1 Å². The van der Waals surface area contributed by atoms with Gasteiger partial charge in [0.1, 0.15) is 17.8 Å². The van der Waals surface area contributed by atoms with Crippen LogP contribution >= 0.6 is 0 Å². The molecule has 1 aliphatic rings. The van der Waals surface area contributed by atoms with Crippen LogP contribution in [0.15, 0.2) is 43.0 Å². The number of nitrogens with zero attached hydrogens (tertiary/aromatic N) is 6. The molecular weight excluding hydrogens is 288 g/mol. The minimum absolute atomic E-state index is 0.916. The third kappa shape index (κ3) is 2.77. The van der Waals surface area contributed by atoms with Crippen molar-refractivity contribution in [2.45, 2.75) is 6.54 Å². The highest BCUT2D eigenvalue weighted by molar-refractivity contribution is 5.87. The van der Waals surface area contributed by atoms with Crippen molar-refractivity contribution >= 4 is 16.9 Å². The van der Waals surface area contributed by atoms with E-state index in [0.717, 1.165) is 55.3 Å². The monoisotopic (exact) mass is 308 g/mol. The highest BCUT2D eigenvalue weighted by Crippen LogP contribution is 2.24. The highest BCUT2D eigenvalue weighted by Gasteiger charge is 2.20. The topological polar surface area (TPSA) is 50.1 Å². The first-order valence-electron chi connectivity index (χ1n) is 7.94. The largest absolute Gasteiger partial charge is 0.353 e. The van der Waals surface area contributed by atoms with Crippen molar-refractivity contribution in [3.8, 4) is 0 Å². The van der Waals surface area contributed by atoms with Gasteiger partial charge in [0.15, 0.2) is 0 Å². The van der Waals surface area contributed by atoms with Crippen LogP contribution in [0.2, 0.25) is 0 Å². The summed E-state index contributed by atoms with van der Waals surface area (Å²) in [6.45, 7) is 4.92. The second-order valence-corrected chi connectivity index (χ2v) is 5.95. The van der Waals surface area contributed by atoms with Gasteiger partial charge in [-0.15, -0.1) is 0 Å². The first-order chi connectivity index (χ1) is 11.3. The molecule has 23 heavy (non-hydrogen) atoms. The Bertz CT molecular complexity index is 789. The maximum absolute atomic E-state index is 4.52. The first-order valence-corrected chi connectivity index (χ1v) is 7.94. The zero-order valence-corrected chi connectivity index (χ0v) is 13.3. The Morgan fingerprint density at radius 3 is 2.65 bits per heavy atom. The molecule has 0 spiro atoms. The van der Waals surface area contributed by atoms with Crippen LogP contribution in [-0.2, 0) is 13.6 Å². The standard InChI is InChI=1S/C17H20N6/c1-21-7-5-15-16(21)19-13-20-17(15)23-10-8-22(9-11-23)12-14-4-2-3-6-18-14/h2-7,13H,8-12H2,1H3. The van der Waals surface area contributed by atoms with E-state index in [9.17, 15) is 0 Å².